The molecule has 0 spiro atoms. The third-order valence-electron chi connectivity index (χ3n) is 6.79. The lowest BCUT2D eigenvalue weighted by atomic mass is 9.63. The summed E-state index contributed by atoms with van der Waals surface area (Å²) in [5.74, 6) is 1.83. The van der Waals surface area contributed by atoms with Gasteiger partial charge in [-0.15, -0.1) is 0 Å². The van der Waals surface area contributed by atoms with Gasteiger partial charge in [-0.05, 0) is 84.2 Å². The Morgan fingerprint density at radius 3 is 2.36 bits per heavy atom. The van der Waals surface area contributed by atoms with Gasteiger partial charge in [0, 0.05) is 0 Å². The van der Waals surface area contributed by atoms with Gasteiger partial charge in [0.1, 0.15) is 0 Å². The van der Waals surface area contributed by atoms with Crippen LogP contribution in [-0.4, -0.2) is 0 Å². The van der Waals surface area contributed by atoms with E-state index in [9.17, 15) is 8.78 Å². The number of fused-ring (bicyclic) bond motifs is 2. The van der Waals surface area contributed by atoms with Gasteiger partial charge in [0.2, 0.25) is 0 Å². The van der Waals surface area contributed by atoms with Gasteiger partial charge in [0.05, 0.1) is 0 Å². The SMILES string of the molecule is CCC[C@@H]1CC[C@@H]2CC(c3ccc4cc(F)c(F)cc4c3)CCC2C1. The van der Waals surface area contributed by atoms with Crippen molar-refractivity contribution in [3.05, 3.63) is 47.5 Å². The van der Waals surface area contributed by atoms with E-state index in [0.717, 1.165) is 28.5 Å². The van der Waals surface area contributed by atoms with Crippen molar-refractivity contribution in [2.75, 3.05) is 0 Å². The molecular formula is C23H28F2. The normalized spacial score (nSPS) is 29.6. The largest absolute Gasteiger partial charge is 0.204 e. The van der Waals surface area contributed by atoms with Crippen LogP contribution in [0, 0.1) is 29.4 Å². The van der Waals surface area contributed by atoms with Crippen molar-refractivity contribution < 1.29 is 8.78 Å². The highest BCUT2D eigenvalue weighted by molar-refractivity contribution is 5.83. The lowest BCUT2D eigenvalue weighted by molar-refractivity contribution is 0.114. The predicted octanol–water partition coefficient (Wildman–Crippen LogP) is 7.22. The second kappa shape index (κ2) is 7.05. The third kappa shape index (κ3) is 3.45. The maximum atomic E-state index is 13.6. The van der Waals surface area contributed by atoms with Crippen molar-refractivity contribution in [2.45, 2.75) is 64.2 Å². The van der Waals surface area contributed by atoms with Crippen molar-refractivity contribution in [3.8, 4) is 0 Å². The van der Waals surface area contributed by atoms with Gasteiger partial charge in [0.25, 0.3) is 0 Å². The molecule has 0 saturated heterocycles. The summed E-state index contributed by atoms with van der Waals surface area (Å²) in [6, 6.07) is 8.83. The van der Waals surface area contributed by atoms with Crippen LogP contribution in [0.1, 0.15) is 69.8 Å². The van der Waals surface area contributed by atoms with Gasteiger partial charge < -0.3 is 0 Å². The molecule has 134 valence electrons. The average Bonchev–Trinajstić information content (AvgIpc) is 2.62. The molecule has 0 heterocycles. The summed E-state index contributed by atoms with van der Waals surface area (Å²) in [6.07, 6.45) is 10.8. The second-order valence-corrected chi connectivity index (χ2v) is 8.37. The first-order valence-electron chi connectivity index (χ1n) is 10.0. The molecule has 0 bridgehead atoms. The zero-order valence-corrected chi connectivity index (χ0v) is 15.1. The molecule has 0 radical (unpaired) electrons. The lowest BCUT2D eigenvalue weighted by Gasteiger charge is -2.42. The average molecular weight is 342 g/mol. The van der Waals surface area contributed by atoms with E-state index in [0.29, 0.717) is 5.92 Å². The Morgan fingerprint density at radius 2 is 1.56 bits per heavy atom. The fourth-order valence-corrected chi connectivity index (χ4v) is 5.47. The molecule has 2 aromatic carbocycles. The maximum absolute atomic E-state index is 13.6. The fourth-order valence-electron chi connectivity index (χ4n) is 5.47. The van der Waals surface area contributed by atoms with Crippen molar-refractivity contribution in [2.24, 2.45) is 17.8 Å². The van der Waals surface area contributed by atoms with Gasteiger partial charge >= 0.3 is 0 Å². The van der Waals surface area contributed by atoms with Crippen LogP contribution in [0.2, 0.25) is 0 Å². The van der Waals surface area contributed by atoms with Gasteiger partial charge in [-0.1, -0.05) is 44.4 Å². The molecule has 4 atom stereocenters. The summed E-state index contributed by atoms with van der Waals surface area (Å²) < 4.78 is 27.0. The smallest absolute Gasteiger partial charge is 0.159 e. The quantitative estimate of drug-likeness (QED) is 0.552. The second-order valence-electron chi connectivity index (χ2n) is 8.37. The van der Waals surface area contributed by atoms with E-state index in [-0.39, 0.29) is 0 Å². The number of benzene rings is 2. The van der Waals surface area contributed by atoms with Crippen molar-refractivity contribution in [3.63, 3.8) is 0 Å². The molecule has 2 fully saturated rings. The minimum atomic E-state index is -0.760. The Labute approximate surface area is 149 Å². The van der Waals surface area contributed by atoms with Crippen LogP contribution in [0.4, 0.5) is 8.78 Å². The van der Waals surface area contributed by atoms with Crippen molar-refractivity contribution in [1.82, 2.24) is 0 Å². The minimum Gasteiger partial charge on any atom is -0.204 e. The number of halogens is 2. The molecule has 2 saturated carbocycles. The van der Waals surface area contributed by atoms with Crippen LogP contribution in [0.5, 0.6) is 0 Å². The maximum Gasteiger partial charge on any atom is 0.159 e. The highest BCUT2D eigenvalue weighted by Gasteiger charge is 2.35. The minimum absolute atomic E-state index is 0.585. The lowest BCUT2D eigenvalue weighted by Crippen LogP contribution is -2.30. The molecule has 2 heteroatoms. The molecule has 2 aliphatic carbocycles. The van der Waals surface area contributed by atoms with Crippen molar-refractivity contribution in [1.29, 1.82) is 0 Å². The van der Waals surface area contributed by atoms with E-state index in [2.05, 4.69) is 19.1 Å². The summed E-state index contributed by atoms with van der Waals surface area (Å²) >= 11 is 0. The third-order valence-corrected chi connectivity index (χ3v) is 6.79. The van der Waals surface area contributed by atoms with Crippen LogP contribution in [-0.2, 0) is 0 Å². The Morgan fingerprint density at radius 1 is 0.840 bits per heavy atom. The van der Waals surface area contributed by atoms with Crippen LogP contribution in [0.25, 0.3) is 10.8 Å². The van der Waals surface area contributed by atoms with Crippen LogP contribution < -0.4 is 0 Å². The van der Waals surface area contributed by atoms with E-state index in [1.807, 2.05) is 6.07 Å². The van der Waals surface area contributed by atoms with E-state index >= 15 is 0 Å². The summed E-state index contributed by atoms with van der Waals surface area (Å²) in [5.41, 5.74) is 1.31. The fraction of sp³-hybridized carbons (Fsp3) is 0.565. The Balaban J connectivity index is 1.50. The molecule has 2 unspecified atom stereocenters. The summed E-state index contributed by atoms with van der Waals surface area (Å²) in [4.78, 5) is 0. The Bertz CT molecular complexity index is 751. The molecule has 2 aromatic rings. The zero-order chi connectivity index (χ0) is 17.4. The summed E-state index contributed by atoms with van der Waals surface area (Å²) in [5, 5.41) is 1.61. The molecule has 4 rings (SSSR count). The molecular weight excluding hydrogens is 314 g/mol. The Kier molecular flexibility index (Phi) is 4.80. The first kappa shape index (κ1) is 17.0. The topological polar surface area (TPSA) is 0 Å². The number of rotatable bonds is 3. The van der Waals surface area contributed by atoms with Gasteiger partial charge in [-0.2, -0.15) is 0 Å². The molecule has 0 amide bonds. The highest BCUT2D eigenvalue weighted by atomic mass is 19.2. The van der Waals surface area contributed by atoms with Crippen molar-refractivity contribution >= 4 is 10.8 Å². The molecule has 2 aliphatic rings. The van der Waals surface area contributed by atoms with Crippen LogP contribution in [0.15, 0.2) is 30.3 Å². The van der Waals surface area contributed by atoms with E-state index in [4.69, 9.17) is 0 Å². The first-order valence-corrected chi connectivity index (χ1v) is 10.0. The Hall–Kier alpha value is -1.44. The first-order chi connectivity index (χ1) is 12.1. The molecule has 0 N–H and O–H groups in total. The summed E-state index contributed by atoms with van der Waals surface area (Å²) in [6.45, 7) is 2.30. The predicted molar refractivity (Wildman–Crippen MR) is 99.7 cm³/mol. The molecule has 0 aromatic heterocycles. The summed E-state index contributed by atoms with van der Waals surface area (Å²) in [7, 11) is 0. The van der Waals surface area contributed by atoms with Gasteiger partial charge in [-0.3, -0.25) is 0 Å². The monoisotopic (exact) mass is 342 g/mol. The van der Waals surface area contributed by atoms with E-state index < -0.39 is 11.6 Å². The highest BCUT2D eigenvalue weighted by Crippen LogP contribution is 2.48. The van der Waals surface area contributed by atoms with E-state index in [1.165, 1.54) is 69.1 Å². The molecule has 0 nitrogen and oxygen atoms in total. The van der Waals surface area contributed by atoms with Crippen LogP contribution >= 0.6 is 0 Å². The number of hydrogen-bond acceptors (Lipinski definition) is 0. The van der Waals surface area contributed by atoms with Gasteiger partial charge in [-0.25, -0.2) is 8.78 Å². The standard InChI is InChI=1S/C23H28F2/c1-2-3-15-4-5-17-11-18(7-6-16(17)10-15)19-8-9-20-13-22(24)23(25)14-21(20)12-19/h8-9,12-18H,2-7,10-11H2,1H3/t15-,16?,17-,18?/m1/s1. The molecule has 0 aliphatic heterocycles. The van der Waals surface area contributed by atoms with E-state index in [1.54, 1.807) is 0 Å². The van der Waals surface area contributed by atoms with Gasteiger partial charge in [0.15, 0.2) is 11.6 Å². The van der Waals surface area contributed by atoms with Crippen LogP contribution in [0.3, 0.4) is 0 Å². The number of hydrogen-bond donors (Lipinski definition) is 0. The zero-order valence-electron chi connectivity index (χ0n) is 15.1. The molecule has 25 heavy (non-hydrogen) atoms.